The number of nitrogens with one attached hydrogen (secondary N) is 2. The average Bonchev–Trinajstić information content (AvgIpc) is 3.10. The Morgan fingerprint density at radius 1 is 1.25 bits per heavy atom. The van der Waals surface area contributed by atoms with E-state index >= 15 is 0 Å². The van der Waals surface area contributed by atoms with E-state index in [0.29, 0.717) is 5.69 Å². The van der Waals surface area contributed by atoms with Crippen LogP contribution in [0.4, 0.5) is 14.5 Å². The molecule has 24 heavy (non-hydrogen) atoms. The molecular formula is C15H10F2IrN6-2. The first-order valence-corrected chi connectivity index (χ1v) is 6.28. The van der Waals surface area contributed by atoms with E-state index in [1.807, 2.05) is 0 Å². The van der Waals surface area contributed by atoms with Crippen LogP contribution in [0.1, 0.15) is 0 Å². The van der Waals surface area contributed by atoms with Crippen molar-refractivity contribution in [2.75, 3.05) is 5.53 Å². The molecule has 1 aromatic carbocycles. The Bertz CT molecular complexity index is 803. The maximum Gasteiger partial charge on any atom is 0.176 e. The van der Waals surface area contributed by atoms with Crippen molar-refractivity contribution in [2.24, 2.45) is 0 Å². The largest absolute Gasteiger partial charge is 0.568 e. The van der Waals surface area contributed by atoms with Crippen molar-refractivity contribution in [3.63, 3.8) is 0 Å². The van der Waals surface area contributed by atoms with Crippen molar-refractivity contribution in [2.45, 2.75) is 0 Å². The Balaban J connectivity index is 0.000000304. The molecule has 2 aromatic heterocycles. The fourth-order valence-electron chi connectivity index (χ4n) is 1.62. The standard InChI is InChI=1S/C12H5F2N2.C3H5N4.Ir/c1-15-12-9(13)6-5-8(11(12)14)10-4-2-3-7-16-10;4-6-7-3-1-2-5-7;/h2-4,6-7H;1-4,6H;/q2*-1;. The number of aromatic nitrogens is 3. The molecule has 0 saturated heterocycles. The molecule has 2 N–H and O–H groups in total. The van der Waals surface area contributed by atoms with E-state index in [9.17, 15) is 8.78 Å². The molecule has 0 amide bonds. The third kappa shape index (κ3) is 4.67. The number of halogens is 2. The Morgan fingerprint density at radius 2 is 2.04 bits per heavy atom. The molecule has 3 rings (SSSR count). The summed E-state index contributed by atoms with van der Waals surface area (Å²) in [7, 11) is 0. The van der Waals surface area contributed by atoms with Crippen LogP contribution in [0.15, 0.2) is 48.9 Å². The second-order valence-electron chi connectivity index (χ2n) is 4.06. The Morgan fingerprint density at radius 3 is 2.54 bits per heavy atom. The van der Waals surface area contributed by atoms with Gasteiger partial charge in [-0.15, -0.1) is 17.7 Å². The predicted octanol–water partition coefficient (Wildman–Crippen LogP) is 3.77. The van der Waals surface area contributed by atoms with Crippen molar-refractivity contribution >= 4 is 5.69 Å². The molecule has 6 nitrogen and oxygen atoms in total. The molecule has 0 fully saturated rings. The van der Waals surface area contributed by atoms with Crippen molar-refractivity contribution in [1.82, 2.24) is 14.9 Å². The summed E-state index contributed by atoms with van der Waals surface area (Å²) < 4.78 is 26.7. The van der Waals surface area contributed by atoms with Crippen LogP contribution < -0.4 is 5.53 Å². The summed E-state index contributed by atoms with van der Waals surface area (Å²) in [6, 6.07) is 10.1. The van der Waals surface area contributed by atoms with Gasteiger partial charge in [-0.25, -0.2) is 4.79 Å². The van der Waals surface area contributed by atoms with Crippen LogP contribution in [0.25, 0.3) is 21.9 Å². The zero-order valence-corrected chi connectivity index (χ0v) is 14.4. The van der Waals surface area contributed by atoms with E-state index in [0.717, 1.165) is 6.07 Å². The molecular weight excluding hydrogens is 494 g/mol. The van der Waals surface area contributed by atoms with Gasteiger partial charge >= 0.3 is 0 Å². The van der Waals surface area contributed by atoms with Crippen LogP contribution in [-0.4, -0.2) is 14.9 Å². The zero-order valence-electron chi connectivity index (χ0n) is 12.0. The van der Waals surface area contributed by atoms with E-state index in [4.69, 9.17) is 12.4 Å². The summed E-state index contributed by atoms with van der Waals surface area (Å²) in [5.41, 5.74) is 1.77. The normalized spacial score (nSPS) is 9.08. The van der Waals surface area contributed by atoms with Gasteiger partial charge in [0.1, 0.15) is 0 Å². The Labute approximate surface area is 150 Å². The number of hydrogen-bond acceptors (Lipinski definition) is 3. The van der Waals surface area contributed by atoms with Gasteiger partial charge in [0.25, 0.3) is 0 Å². The van der Waals surface area contributed by atoms with Gasteiger partial charge in [0.2, 0.25) is 0 Å². The number of benzene rings is 1. The maximum atomic E-state index is 13.7. The first kappa shape index (κ1) is 19.4. The van der Waals surface area contributed by atoms with Crippen LogP contribution in [0.2, 0.25) is 0 Å². The minimum absolute atomic E-state index is 0. The molecule has 9 heteroatoms. The second kappa shape index (κ2) is 9.47. The van der Waals surface area contributed by atoms with Crippen LogP contribution in [0.3, 0.4) is 0 Å². The molecule has 0 unspecified atom stereocenters. The van der Waals surface area contributed by atoms with Gasteiger partial charge in [0, 0.05) is 44.1 Å². The minimum atomic E-state index is -0.922. The van der Waals surface area contributed by atoms with Gasteiger partial charge in [-0.2, -0.15) is 5.10 Å². The van der Waals surface area contributed by atoms with Gasteiger partial charge in [0.15, 0.2) is 5.69 Å². The van der Waals surface area contributed by atoms with Crippen molar-refractivity contribution in [3.05, 3.63) is 83.9 Å². The maximum absolute atomic E-state index is 13.7. The second-order valence-corrected chi connectivity index (χ2v) is 4.06. The molecule has 0 spiro atoms. The molecule has 2 heterocycles. The Hall–Kier alpha value is -2.66. The molecule has 1 radical (unpaired) electrons. The first-order chi connectivity index (χ1) is 11.2. The fraction of sp³-hybridized carbons (Fsp3) is 0. The van der Waals surface area contributed by atoms with E-state index in [2.05, 4.69) is 26.5 Å². The van der Waals surface area contributed by atoms with Gasteiger partial charge in [-0.3, -0.25) is 13.6 Å². The van der Waals surface area contributed by atoms with Gasteiger partial charge in [0.05, 0.1) is 12.8 Å². The summed E-state index contributed by atoms with van der Waals surface area (Å²) in [4.78, 5) is 8.02. The van der Waals surface area contributed by atoms with E-state index in [1.165, 1.54) is 11.0 Å². The first-order valence-electron chi connectivity index (χ1n) is 6.28. The molecule has 0 aliphatic carbocycles. The van der Waals surface area contributed by atoms with E-state index < -0.39 is 17.3 Å². The number of pyridine rings is 1. The molecule has 0 bridgehead atoms. The quantitative estimate of drug-likeness (QED) is 0.427. The van der Waals surface area contributed by atoms with Gasteiger partial charge in [-0.1, -0.05) is 12.1 Å². The predicted molar refractivity (Wildman–Crippen MR) is 80.6 cm³/mol. The topological polar surface area (TPSA) is 70.9 Å². The molecule has 3 aromatic rings. The van der Waals surface area contributed by atoms with E-state index in [1.54, 1.807) is 36.7 Å². The van der Waals surface area contributed by atoms with Gasteiger partial charge in [-0.05, 0) is 17.8 Å². The summed E-state index contributed by atoms with van der Waals surface area (Å²) in [5, 5.41) is 3.65. The summed E-state index contributed by atoms with van der Waals surface area (Å²) in [6.07, 6.45) is 4.73. The van der Waals surface area contributed by atoms with Crippen LogP contribution in [-0.2, 0) is 20.1 Å². The van der Waals surface area contributed by atoms with Crippen LogP contribution >= 0.6 is 0 Å². The van der Waals surface area contributed by atoms with Crippen molar-refractivity contribution < 1.29 is 28.9 Å². The van der Waals surface area contributed by atoms with E-state index in [-0.39, 0.29) is 25.7 Å². The number of nitrogens with zero attached hydrogens (tertiary/aromatic N) is 4. The fourth-order valence-corrected chi connectivity index (χ4v) is 1.62. The molecule has 0 atom stereocenters. The third-order valence-corrected chi connectivity index (χ3v) is 2.65. The van der Waals surface area contributed by atoms with Crippen LogP contribution in [0.5, 0.6) is 0 Å². The monoisotopic (exact) mass is 505 g/mol. The molecule has 0 saturated carbocycles. The zero-order chi connectivity index (χ0) is 16.7. The van der Waals surface area contributed by atoms with Gasteiger partial charge < -0.3 is 16.4 Å². The minimum Gasteiger partial charge on any atom is -0.568 e. The summed E-state index contributed by atoms with van der Waals surface area (Å²) in [5.74, 6) is 4.68. The average molecular weight is 504 g/mol. The SMILES string of the molecule is [C-]#[N+]c1c(F)c[c-]c(-c2ccccn2)c1F.[Ir].[NH-]Nn1cccn1. The summed E-state index contributed by atoms with van der Waals surface area (Å²) >= 11 is 0. The number of rotatable bonds is 2. The smallest absolute Gasteiger partial charge is 0.176 e. The van der Waals surface area contributed by atoms with Crippen molar-refractivity contribution in [1.29, 1.82) is 0 Å². The number of hydrogen-bond donors (Lipinski definition) is 1. The third-order valence-electron chi connectivity index (χ3n) is 2.65. The summed E-state index contributed by atoms with van der Waals surface area (Å²) in [6.45, 7) is 6.70. The molecule has 125 valence electrons. The molecule has 0 aliphatic rings. The van der Waals surface area contributed by atoms with Crippen molar-refractivity contribution in [3.8, 4) is 11.3 Å². The Kier molecular flexibility index (Phi) is 7.65. The van der Waals surface area contributed by atoms with Crippen LogP contribution in [0, 0.1) is 24.3 Å². The molecule has 0 aliphatic heterocycles.